The lowest BCUT2D eigenvalue weighted by molar-refractivity contribution is -0.131. The van der Waals surface area contributed by atoms with E-state index in [0.29, 0.717) is 13.1 Å². The van der Waals surface area contributed by atoms with Gasteiger partial charge in [-0.3, -0.25) is 9.79 Å². The third-order valence-corrected chi connectivity index (χ3v) is 4.01. The van der Waals surface area contributed by atoms with E-state index in [1.54, 1.807) is 0 Å². The second-order valence-corrected chi connectivity index (χ2v) is 5.97. The highest BCUT2D eigenvalue weighted by Gasteiger charge is 2.14. The highest BCUT2D eigenvalue weighted by Crippen LogP contribution is 2.09. The second-order valence-electron chi connectivity index (χ2n) is 5.53. The van der Waals surface area contributed by atoms with Crippen molar-refractivity contribution in [3.05, 3.63) is 34.9 Å². The molecule has 0 bridgehead atoms. The Morgan fingerprint density at radius 2 is 1.79 bits per heavy atom. The van der Waals surface area contributed by atoms with Gasteiger partial charge in [-0.1, -0.05) is 23.7 Å². The van der Waals surface area contributed by atoms with Crippen LogP contribution in [0.1, 0.15) is 26.3 Å². The van der Waals surface area contributed by atoms with E-state index in [-0.39, 0.29) is 5.91 Å². The standard InChI is InChI=1S/C18H29ClN4O/c1-5-20-18(22(4)14-17(24)23(6-2)7-3)21-13-12-15-8-10-16(19)11-9-15/h8-11H,5-7,12-14H2,1-4H3,(H,20,21). The molecular weight excluding hydrogens is 324 g/mol. The maximum Gasteiger partial charge on any atom is 0.242 e. The lowest BCUT2D eigenvalue weighted by Gasteiger charge is -2.25. The Kier molecular flexibility index (Phi) is 9.23. The van der Waals surface area contributed by atoms with E-state index in [0.717, 1.165) is 37.0 Å². The Morgan fingerprint density at radius 1 is 1.17 bits per heavy atom. The molecule has 0 fully saturated rings. The highest BCUT2D eigenvalue weighted by atomic mass is 35.5. The van der Waals surface area contributed by atoms with Crippen molar-refractivity contribution in [2.45, 2.75) is 27.2 Å². The molecule has 134 valence electrons. The third kappa shape index (κ3) is 6.79. The molecule has 0 radical (unpaired) electrons. The smallest absolute Gasteiger partial charge is 0.242 e. The first kappa shape index (κ1) is 20.3. The molecule has 1 aromatic carbocycles. The number of halogens is 1. The number of aliphatic imine (C=N–C) groups is 1. The van der Waals surface area contributed by atoms with Gasteiger partial charge in [-0.15, -0.1) is 0 Å². The summed E-state index contributed by atoms with van der Waals surface area (Å²) in [6, 6.07) is 7.80. The first-order valence-electron chi connectivity index (χ1n) is 8.53. The second kappa shape index (κ2) is 10.9. The first-order valence-corrected chi connectivity index (χ1v) is 8.91. The fourth-order valence-electron chi connectivity index (χ4n) is 2.37. The van der Waals surface area contributed by atoms with Gasteiger partial charge in [0.15, 0.2) is 5.96 Å². The number of hydrogen-bond acceptors (Lipinski definition) is 2. The number of nitrogens with one attached hydrogen (secondary N) is 1. The molecular formula is C18H29ClN4O. The highest BCUT2D eigenvalue weighted by molar-refractivity contribution is 6.30. The van der Waals surface area contributed by atoms with Gasteiger partial charge in [0.25, 0.3) is 0 Å². The van der Waals surface area contributed by atoms with Gasteiger partial charge in [-0.05, 0) is 44.9 Å². The molecule has 0 aliphatic carbocycles. The summed E-state index contributed by atoms with van der Waals surface area (Å²) in [7, 11) is 1.89. The predicted molar refractivity (Wildman–Crippen MR) is 102 cm³/mol. The van der Waals surface area contributed by atoms with Gasteiger partial charge in [0.05, 0.1) is 6.54 Å². The number of carbonyl (C=O) groups is 1. The summed E-state index contributed by atoms with van der Waals surface area (Å²) in [5, 5.41) is 3.98. The van der Waals surface area contributed by atoms with Crippen LogP contribution in [-0.4, -0.2) is 61.4 Å². The molecule has 0 saturated heterocycles. The monoisotopic (exact) mass is 352 g/mol. The molecule has 1 N–H and O–H groups in total. The van der Waals surface area contributed by atoms with E-state index >= 15 is 0 Å². The number of rotatable bonds is 8. The average molecular weight is 353 g/mol. The van der Waals surface area contributed by atoms with Crippen LogP contribution < -0.4 is 5.32 Å². The van der Waals surface area contributed by atoms with Crippen molar-refractivity contribution in [1.29, 1.82) is 0 Å². The molecule has 1 amide bonds. The van der Waals surface area contributed by atoms with Crippen molar-refractivity contribution >= 4 is 23.5 Å². The average Bonchev–Trinajstić information content (AvgIpc) is 2.56. The fraction of sp³-hybridized carbons (Fsp3) is 0.556. The van der Waals surface area contributed by atoms with Crippen molar-refractivity contribution in [1.82, 2.24) is 15.1 Å². The molecule has 5 nitrogen and oxygen atoms in total. The summed E-state index contributed by atoms with van der Waals surface area (Å²) in [4.78, 5) is 20.6. The Morgan fingerprint density at radius 3 is 2.33 bits per heavy atom. The number of benzene rings is 1. The molecule has 0 aliphatic rings. The number of nitrogens with zero attached hydrogens (tertiary/aromatic N) is 3. The van der Waals surface area contributed by atoms with E-state index < -0.39 is 0 Å². The maximum atomic E-state index is 12.2. The van der Waals surface area contributed by atoms with Crippen LogP contribution >= 0.6 is 11.6 Å². The zero-order valence-electron chi connectivity index (χ0n) is 15.2. The topological polar surface area (TPSA) is 47.9 Å². The fourth-order valence-corrected chi connectivity index (χ4v) is 2.49. The Hall–Kier alpha value is -1.75. The molecule has 0 spiro atoms. The lowest BCUT2D eigenvalue weighted by atomic mass is 10.1. The van der Waals surface area contributed by atoms with Gasteiger partial charge in [-0.25, -0.2) is 0 Å². The van der Waals surface area contributed by atoms with Crippen LogP contribution in [0, 0.1) is 0 Å². The normalized spacial score (nSPS) is 11.3. The summed E-state index contributed by atoms with van der Waals surface area (Å²) >= 11 is 5.90. The third-order valence-electron chi connectivity index (χ3n) is 3.76. The summed E-state index contributed by atoms with van der Waals surface area (Å²) < 4.78 is 0. The predicted octanol–water partition coefficient (Wildman–Crippen LogP) is 2.65. The molecule has 0 saturated carbocycles. The SMILES string of the molecule is CCNC(=NCCc1ccc(Cl)cc1)N(C)CC(=O)N(CC)CC. The number of amides is 1. The largest absolute Gasteiger partial charge is 0.357 e. The van der Waals surface area contributed by atoms with Crippen LogP contribution in [0.25, 0.3) is 0 Å². The summed E-state index contributed by atoms with van der Waals surface area (Å²) in [6.45, 7) is 9.22. The molecule has 0 heterocycles. The van der Waals surface area contributed by atoms with Crippen molar-refractivity contribution in [3.8, 4) is 0 Å². The van der Waals surface area contributed by atoms with Gasteiger partial charge >= 0.3 is 0 Å². The lowest BCUT2D eigenvalue weighted by Crippen LogP contribution is -2.45. The number of carbonyl (C=O) groups excluding carboxylic acids is 1. The molecule has 0 unspecified atom stereocenters. The molecule has 1 rings (SSSR count). The Balaban J connectivity index is 2.63. The van der Waals surface area contributed by atoms with Gasteiger partial charge in [0.1, 0.15) is 0 Å². The minimum Gasteiger partial charge on any atom is -0.357 e. The zero-order valence-corrected chi connectivity index (χ0v) is 15.9. The Labute approximate surface area is 150 Å². The van der Waals surface area contributed by atoms with Gasteiger partial charge in [0, 0.05) is 38.2 Å². The number of hydrogen-bond donors (Lipinski definition) is 1. The van der Waals surface area contributed by atoms with Crippen molar-refractivity contribution < 1.29 is 4.79 Å². The minimum absolute atomic E-state index is 0.116. The Bertz CT molecular complexity index is 526. The van der Waals surface area contributed by atoms with E-state index in [9.17, 15) is 4.79 Å². The molecule has 1 aromatic rings. The van der Waals surface area contributed by atoms with Gasteiger partial charge in [0.2, 0.25) is 5.91 Å². The zero-order chi connectivity index (χ0) is 17.9. The van der Waals surface area contributed by atoms with Crippen LogP contribution in [0.4, 0.5) is 0 Å². The van der Waals surface area contributed by atoms with Crippen LogP contribution in [0.15, 0.2) is 29.3 Å². The first-order chi connectivity index (χ1) is 11.5. The quantitative estimate of drug-likeness (QED) is 0.578. The van der Waals surface area contributed by atoms with Crippen LogP contribution in [0.3, 0.4) is 0 Å². The summed E-state index contributed by atoms with van der Waals surface area (Å²) in [5.74, 6) is 0.873. The number of likely N-dealkylation sites (N-methyl/N-ethyl adjacent to an activating group) is 2. The number of guanidine groups is 1. The molecule has 0 aromatic heterocycles. The van der Waals surface area contributed by atoms with Crippen molar-refractivity contribution in [2.75, 3.05) is 39.8 Å². The van der Waals surface area contributed by atoms with Crippen LogP contribution in [-0.2, 0) is 11.2 Å². The van der Waals surface area contributed by atoms with E-state index in [2.05, 4.69) is 10.3 Å². The van der Waals surface area contributed by atoms with Gasteiger partial charge in [-0.2, -0.15) is 0 Å². The van der Waals surface area contributed by atoms with Crippen LogP contribution in [0.2, 0.25) is 5.02 Å². The maximum absolute atomic E-state index is 12.2. The molecule has 24 heavy (non-hydrogen) atoms. The van der Waals surface area contributed by atoms with Crippen LogP contribution in [0.5, 0.6) is 0 Å². The molecule has 0 atom stereocenters. The van der Waals surface area contributed by atoms with E-state index in [4.69, 9.17) is 11.6 Å². The van der Waals surface area contributed by atoms with Crippen molar-refractivity contribution in [2.24, 2.45) is 4.99 Å². The van der Waals surface area contributed by atoms with Gasteiger partial charge < -0.3 is 15.1 Å². The van der Waals surface area contributed by atoms with Crippen molar-refractivity contribution in [3.63, 3.8) is 0 Å². The van der Waals surface area contributed by atoms with E-state index in [1.165, 1.54) is 5.56 Å². The minimum atomic E-state index is 0.116. The molecule has 6 heteroatoms. The summed E-state index contributed by atoms with van der Waals surface area (Å²) in [5.41, 5.74) is 1.20. The van der Waals surface area contributed by atoms with E-state index in [1.807, 2.05) is 61.9 Å². The molecule has 0 aliphatic heterocycles. The summed E-state index contributed by atoms with van der Waals surface area (Å²) in [6.07, 6.45) is 0.837.